The van der Waals surface area contributed by atoms with Crippen molar-refractivity contribution in [2.24, 2.45) is 0 Å². The molecule has 0 saturated carbocycles. The minimum Gasteiger partial charge on any atom is -0.508 e. The molecule has 4 aromatic rings. The van der Waals surface area contributed by atoms with Crippen molar-refractivity contribution in [3.8, 4) is 16.3 Å². The molecule has 1 atom stereocenters. The number of anilines is 2. The minimum absolute atomic E-state index is 0.0743. The van der Waals surface area contributed by atoms with Crippen molar-refractivity contribution in [3.05, 3.63) is 83.1 Å². The Balaban J connectivity index is 1.64. The molecule has 0 spiro atoms. The van der Waals surface area contributed by atoms with Gasteiger partial charge in [-0.3, -0.25) is 4.79 Å². The van der Waals surface area contributed by atoms with E-state index in [-0.39, 0.29) is 17.7 Å². The maximum absolute atomic E-state index is 12.1. The molecule has 2 N–H and O–H groups in total. The average molecular weight is 446 g/mol. The van der Waals surface area contributed by atoms with E-state index < -0.39 is 0 Å². The third-order valence-electron chi connectivity index (χ3n) is 5.02. The summed E-state index contributed by atoms with van der Waals surface area (Å²) in [7, 11) is 1.75. The number of aryl methyl sites for hydroxylation is 1. The maximum Gasteiger partial charge on any atom is 0.220 e. The van der Waals surface area contributed by atoms with Crippen LogP contribution >= 0.6 is 11.3 Å². The van der Waals surface area contributed by atoms with Gasteiger partial charge in [-0.2, -0.15) is 0 Å². The number of pyridine rings is 2. The van der Waals surface area contributed by atoms with Crippen LogP contribution in [0.5, 0.6) is 5.75 Å². The van der Waals surface area contributed by atoms with Crippen molar-refractivity contribution < 1.29 is 9.90 Å². The van der Waals surface area contributed by atoms with Crippen LogP contribution in [0.25, 0.3) is 10.6 Å². The third kappa shape index (κ3) is 4.76. The Bertz CT molecular complexity index is 1240. The second kappa shape index (κ2) is 9.15. The fourth-order valence-electron chi connectivity index (χ4n) is 3.28. The van der Waals surface area contributed by atoms with Crippen LogP contribution < -0.4 is 5.32 Å². The SMILES string of the molecule is CC(=O)N(C)C(c1ccc(O)cc1)c1ncc(-c2cccc(Nc3cc(C)ccn3)n2)s1. The average Bonchev–Trinajstić information content (AvgIpc) is 3.25. The van der Waals surface area contributed by atoms with Crippen molar-refractivity contribution >= 4 is 28.9 Å². The second-order valence-corrected chi connectivity index (χ2v) is 8.50. The van der Waals surface area contributed by atoms with E-state index in [1.54, 1.807) is 48.6 Å². The number of carbonyl (C=O) groups excluding carboxylic acids is 1. The number of carbonyl (C=O) groups is 1. The molecule has 7 nitrogen and oxygen atoms in total. The molecule has 1 unspecified atom stereocenters. The number of aromatic nitrogens is 3. The van der Waals surface area contributed by atoms with Crippen molar-refractivity contribution in [1.82, 2.24) is 19.9 Å². The van der Waals surface area contributed by atoms with Gasteiger partial charge in [-0.05, 0) is 54.4 Å². The molecular weight excluding hydrogens is 422 g/mol. The van der Waals surface area contributed by atoms with Crippen LogP contribution in [-0.2, 0) is 4.79 Å². The summed E-state index contributed by atoms with van der Waals surface area (Å²) in [5, 5.41) is 13.6. The number of phenols is 1. The van der Waals surface area contributed by atoms with Gasteiger partial charge in [-0.25, -0.2) is 15.0 Å². The van der Waals surface area contributed by atoms with Crippen molar-refractivity contribution in [1.29, 1.82) is 0 Å². The Morgan fingerprint density at radius 3 is 2.59 bits per heavy atom. The molecule has 0 aliphatic carbocycles. The summed E-state index contributed by atoms with van der Waals surface area (Å²) in [6, 6.07) is 16.1. The summed E-state index contributed by atoms with van der Waals surface area (Å²) < 4.78 is 0. The number of phenolic OH excluding ortho intramolecular Hbond substituents is 1. The molecule has 0 aliphatic heterocycles. The molecule has 8 heteroatoms. The summed E-state index contributed by atoms with van der Waals surface area (Å²) >= 11 is 1.48. The molecule has 162 valence electrons. The van der Waals surface area contributed by atoms with Crippen molar-refractivity contribution in [2.45, 2.75) is 19.9 Å². The number of hydrogen-bond acceptors (Lipinski definition) is 7. The zero-order valence-electron chi connectivity index (χ0n) is 18.0. The molecule has 32 heavy (non-hydrogen) atoms. The highest BCUT2D eigenvalue weighted by molar-refractivity contribution is 7.15. The van der Waals surface area contributed by atoms with Gasteiger partial charge in [-0.15, -0.1) is 11.3 Å². The second-order valence-electron chi connectivity index (χ2n) is 7.44. The predicted octanol–water partition coefficient (Wildman–Crippen LogP) is 4.93. The van der Waals surface area contributed by atoms with E-state index in [4.69, 9.17) is 4.98 Å². The van der Waals surface area contributed by atoms with E-state index in [2.05, 4.69) is 15.3 Å². The van der Waals surface area contributed by atoms with Gasteiger partial charge in [0.25, 0.3) is 0 Å². The standard InChI is InChI=1S/C24H23N5O2S/c1-15-11-12-25-22(13-15)28-21-6-4-5-19(27-21)20-14-26-24(32-20)23(29(3)16(2)30)17-7-9-18(31)10-8-17/h4-14,23,31H,1-3H3,(H,25,27,28). The highest BCUT2D eigenvalue weighted by atomic mass is 32.1. The molecule has 3 aromatic heterocycles. The lowest BCUT2D eigenvalue weighted by atomic mass is 10.1. The van der Waals surface area contributed by atoms with Crippen molar-refractivity contribution in [3.63, 3.8) is 0 Å². The molecule has 1 amide bonds. The van der Waals surface area contributed by atoms with Gasteiger partial charge in [0.2, 0.25) is 5.91 Å². The molecule has 1 aromatic carbocycles. The summed E-state index contributed by atoms with van der Waals surface area (Å²) in [6.07, 6.45) is 3.53. The lowest BCUT2D eigenvalue weighted by molar-refractivity contribution is -0.129. The summed E-state index contributed by atoms with van der Waals surface area (Å²) in [4.78, 5) is 28.3. The van der Waals surface area contributed by atoms with E-state index in [0.717, 1.165) is 32.5 Å². The topological polar surface area (TPSA) is 91.2 Å². The Morgan fingerprint density at radius 2 is 1.88 bits per heavy atom. The van der Waals surface area contributed by atoms with Crippen LogP contribution in [0.15, 0.2) is 67.0 Å². The number of rotatable bonds is 6. The largest absolute Gasteiger partial charge is 0.508 e. The number of hydrogen-bond donors (Lipinski definition) is 2. The smallest absolute Gasteiger partial charge is 0.220 e. The maximum atomic E-state index is 12.1. The van der Waals surface area contributed by atoms with Gasteiger partial charge < -0.3 is 15.3 Å². The number of thiazole rings is 1. The first-order valence-corrected chi connectivity index (χ1v) is 10.9. The van der Waals surface area contributed by atoms with Crippen LogP contribution in [0.3, 0.4) is 0 Å². The highest BCUT2D eigenvalue weighted by Gasteiger charge is 2.25. The first kappa shape index (κ1) is 21.5. The van der Waals surface area contributed by atoms with Crippen LogP contribution in [0.4, 0.5) is 11.6 Å². The molecular formula is C24H23N5O2S. The van der Waals surface area contributed by atoms with E-state index in [1.807, 2.05) is 37.3 Å². The number of amides is 1. The van der Waals surface area contributed by atoms with Crippen molar-refractivity contribution in [2.75, 3.05) is 12.4 Å². The van der Waals surface area contributed by atoms with Gasteiger partial charge in [0.15, 0.2) is 0 Å². The number of aromatic hydroxyl groups is 1. The Hall–Kier alpha value is -3.78. The summed E-state index contributed by atoms with van der Waals surface area (Å²) in [5.74, 6) is 1.52. The van der Waals surface area contributed by atoms with Gasteiger partial charge in [0, 0.05) is 26.4 Å². The van der Waals surface area contributed by atoms with Crippen LogP contribution in [0.2, 0.25) is 0 Å². The summed E-state index contributed by atoms with van der Waals surface area (Å²) in [6.45, 7) is 3.54. The molecule has 0 saturated heterocycles. The Labute approximate surface area is 190 Å². The Kier molecular flexibility index (Phi) is 6.13. The van der Waals surface area contributed by atoms with Gasteiger partial charge in [0.05, 0.1) is 10.6 Å². The highest BCUT2D eigenvalue weighted by Crippen LogP contribution is 2.35. The number of nitrogens with one attached hydrogen (secondary N) is 1. The molecule has 3 heterocycles. The number of nitrogens with zero attached hydrogens (tertiary/aromatic N) is 4. The van der Waals surface area contributed by atoms with Crippen LogP contribution in [-0.4, -0.2) is 37.9 Å². The lowest BCUT2D eigenvalue weighted by Crippen LogP contribution is -2.29. The van der Waals surface area contributed by atoms with E-state index >= 15 is 0 Å². The molecule has 0 bridgehead atoms. The fraction of sp³-hybridized carbons (Fsp3) is 0.167. The lowest BCUT2D eigenvalue weighted by Gasteiger charge is -2.26. The molecule has 0 radical (unpaired) electrons. The monoisotopic (exact) mass is 445 g/mol. The fourth-order valence-corrected chi connectivity index (χ4v) is 4.34. The van der Waals surface area contributed by atoms with Crippen LogP contribution in [0, 0.1) is 6.92 Å². The molecule has 0 fully saturated rings. The third-order valence-corrected chi connectivity index (χ3v) is 6.10. The summed E-state index contributed by atoms with van der Waals surface area (Å²) in [5.41, 5.74) is 2.76. The normalized spacial score (nSPS) is 11.7. The van der Waals surface area contributed by atoms with E-state index in [9.17, 15) is 9.90 Å². The van der Waals surface area contributed by atoms with Gasteiger partial charge >= 0.3 is 0 Å². The molecule has 4 rings (SSSR count). The zero-order chi connectivity index (χ0) is 22.7. The first-order chi connectivity index (χ1) is 15.4. The van der Waals surface area contributed by atoms with E-state index in [1.165, 1.54) is 18.3 Å². The first-order valence-electron chi connectivity index (χ1n) is 10.1. The predicted molar refractivity (Wildman–Crippen MR) is 126 cm³/mol. The zero-order valence-corrected chi connectivity index (χ0v) is 18.8. The Morgan fingerprint density at radius 1 is 1.09 bits per heavy atom. The van der Waals surface area contributed by atoms with Crippen LogP contribution in [0.1, 0.15) is 29.1 Å². The quantitative estimate of drug-likeness (QED) is 0.437. The molecule has 0 aliphatic rings. The van der Waals surface area contributed by atoms with Gasteiger partial charge in [-0.1, -0.05) is 18.2 Å². The minimum atomic E-state index is -0.357. The van der Waals surface area contributed by atoms with E-state index in [0.29, 0.717) is 5.82 Å². The van der Waals surface area contributed by atoms with Gasteiger partial charge in [0.1, 0.15) is 28.4 Å². The number of benzene rings is 1.